The summed E-state index contributed by atoms with van der Waals surface area (Å²) >= 11 is 0. The Balaban J connectivity index is 1.66. The molecule has 21 heavy (non-hydrogen) atoms. The van der Waals surface area contributed by atoms with E-state index in [1.54, 1.807) is 0 Å². The summed E-state index contributed by atoms with van der Waals surface area (Å²) < 4.78 is 5.33. The number of nitrogens with one attached hydrogen (secondary N) is 2. The minimum absolute atomic E-state index is 0.0220. The second-order valence-electron chi connectivity index (χ2n) is 4.70. The normalized spacial score (nSPS) is 10.7. The molecule has 0 amide bonds. The van der Waals surface area contributed by atoms with Crippen molar-refractivity contribution in [3.63, 3.8) is 0 Å². The van der Waals surface area contributed by atoms with Crippen molar-refractivity contribution in [3.05, 3.63) is 54.2 Å². The minimum Gasteiger partial charge on any atom is -0.491 e. The van der Waals surface area contributed by atoms with Gasteiger partial charge in [0.15, 0.2) is 0 Å². The topological polar surface area (TPSA) is 70.2 Å². The average molecular weight is 283 g/mol. The number of rotatable bonds is 6. The average Bonchev–Trinajstić information content (AvgIpc) is 3.01. The fraction of sp³-hybridized carbons (Fsp3) is 0.188. The molecule has 3 rings (SSSR count). The maximum Gasteiger partial charge on any atom is 0.119 e. The van der Waals surface area contributed by atoms with Gasteiger partial charge in [0, 0.05) is 17.6 Å². The smallest absolute Gasteiger partial charge is 0.119 e. The van der Waals surface area contributed by atoms with Crippen molar-refractivity contribution in [2.24, 2.45) is 0 Å². The summed E-state index contributed by atoms with van der Waals surface area (Å²) in [6.07, 6.45) is 1.83. The van der Waals surface area contributed by atoms with Gasteiger partial charge in [-0.1, -0.05) is 18.2 Å². The van der Waals surface area contributed by atoms with Crippen LogP contribution in [0.2, 0.25) is 0 Å². The van der Waals surface area contributed by atoms with Gasteiger partial charge in [-0.15, -0.1) is 0 Å². The molecule has 3 N–H and O–H groups in total. The van der Waals surface area contributed by atoms with Gasteiger partial charge in [-0.2, -0.15) is 5.10 Å². The molecule has 0 fully saturated rings. The molecule has 0 saturated heterocycles. The standard InChI is InChI=1S/C16H17N3O2/c20-8-9-21-15-6-4-14(5-7-15)17-10-12-2-1-3-13-11-18-19-16(12)13/h1-7,11,17,20H,8-10H2,(H,18,19). The van der Waals surface area contributed by atoms with E-state index in [4.69, 9.17) is 9.84 Å². The third-order valence-corrected chi connectivity index (χ3v) is 3.26. The zero-order valence-electron chi connectivity index (χ0n) is 11.5. The van der Waals surface area contributed by atoms with Crippen LogP contribution in [0.25, 0.3) is 10.9 Å². The molecule has 1 heterocycles. The van der Waals surface area contributed by atoms with E-state index in [2.05, 4.69) is 21.6 Å². The van der Waals surface area contributed by atoms with Gasteiger partial charge in [0.25, 0.3) is 0 Å². The number of aromatic amines is 1. The lowest BCUT2D eigenvalue weighted by Gasteiger charge is -2.09. The van der Waals surface area contributed by atoms with Crippen LogP contribution in [-0.2, 0) is 6.54 Å². The van der Waals surface area contributed by atoms with Gasteiger partial charge in [0.2, 0.25) is 0 Å². The first kappa shape index (κ1) is 13.5. The number of H-pyrrole nitrogens is 1. The van der Waals surface area contributed by atoms with Crippen LogP contribution in [0, 0.1) is 0 Å². The summed E-state index contributed by atoms with van der Waals surface area (Å²) in [5, 5.41) is 20.3. The maximum atomic E-state index is 8.72. The molecule has 0 saturated carbocycles. The van der Waals surface area contributed by atoms with Crippen molar-refractivity contribution >= 4 is 16.6 Å². The molecule has 2 aromatic carbocycles. The first-order valence-electron chi connectivity index (χ1n) is 6.85. The molecule has 5 nitrogen and oxygen atoms in total. The summed E-state index contributed by atoms with van der Waals surface area (Å²) in [5.74, 6) is 0.755. The molecule has 1 aromatic heterocycles. The molecule has 0 atom stereocenters. The number of benzene rings is 2. The van der Waals surface area contributed by atoms with Crippen LogP contribution in [0.15, 0.2) is 48.7 Å². The molecule has 0 bridgehead atoms. The maximum absolute atomic E-state index is 8.72. The summed E-state index contributed by atoms with van der Waals surface area (Å²) in [7, 11) is 0. The molecule has 108 valence electrons. The Kier molecular flexibility index (Phi) is 4.02. The lowest BCUT2D eigenvalue weighted by atomic mass is 10.1. The van der Waals surface area contributed by atoms with Gasteiger partial charge in [0.05, 0.1) is 18.3 Å². The number of aliphatic hydroxyl groups is 1. The number of para-hydroxylation sites is 1. The van der Waals surface area contributed by atoms with Crippen LogP contribution < -0.4 is 10.1 Å². The largest absolute Gasteiger partial charge is 0.491 e. The van der Waals surface area contributed by atoms with Gasteiger partial charge < -0.3 is 15.2 Å². The molecular formula is C16H17N3O2. The van der Waals surface area contributed by atoms with Crippen molar-refractivity contribution in [1.82, 2.24) is 10.2 Å². The van der Waals surface area contributed by atoms with E-state index in [1.807, 2.05) is 42.6 Å². The van der Waals surface area contributed by atoms with Crippen molar-refractivity contribution in [3.8, 4) is 5.75 Å². The van der Waals surface area contributed by atoms with Gasteiger partial charge in [0.1, 0.15) is 12.4 Å². The highest BCUT2D eigenvalue weighted by Crippen LogP contribution is 2.19. The van der Waals surface area contributed by atoms with Crippen molar-refractivity contribution < 1.29 is 9.84 Å². The van der Waals surface area contributed by atoms with Crippen molar-refractivity contribution in [1.29, 1.82) is 0 Å². The van der Waals surface area contributed by atoms with Crippen molar-refractivity contribution in [2.75, 3.05) is 18.5 Å². The zero-order valence-corrected chi connectivity index (χ0v) is 11.5. The first-order chi connectivity index (χ1) is 10.4. The lowest BCUT2D eigenvalue weighted by molar-refractivity contribution is 0.201. The Morgan fingerprint density at radius 3 is 2.81 bits per heavy atom. The summed E-state index contributed by atoms with van der Waals surface area (Å²) in [4.78, 5) is 0. The van der Waals surface area contributed by atoms with Crippen LogP contribution in [0.4, 0.5) is 5.69 Å². The van der Waals surface area contributed by atoms with E-state index in [1.165, 1.54) is 5.56 Å². The third-order valence-electron chi connectivity index (χ3n) is 3.26. The lowest BCUT2D eigenvalue weighted by Crippen LogP contribution is -2.02. The number of aliphatic hydroxyl groups excluding tert-OH is 1. The summed E-state index contributed by atoms with van der Waals surface area (Å²) in [5.41, 5.74) is 3.25. The van der Waals surface area contributed by atoms with E-state index < -0.39 is 0 Å². The molecule has 0 unspecified atom stereocenters. The number of aromatic nitrogens is 2. The predicted molar refractivity (Wildman–Crippen MR) is 82.4 cm³/mol. The van der Waals surface area contributed by atoms with Gasteiger partial charge >= 0.3 is 0 Å². The van der Waals surface area contributed by atoms with Crippen LogP contribution in [0.1, 0.15) is 5.56 Å². The van der Waals surface area contributed by atoms with Gasteiger partial charge in [-0.25, -0.2) is 0 Å². The third kappa shape index (κ3) is 3.14. The van der Waals surface area contributed by atoms with Crippen LogP contribution >= 0.6 is 0 Å². The molecule has 3 aromatic rings. The van der Waals surface area contributed by atoms with Crippen LogP contribution in [-0.4, -0.2) is 28.5 Å². The summed E-state index contributed by atoms with van der Waals surface area (Å²) in [6.45, 7) is 1.05. The highest BCUT2D eigenvalue weighted by molar-refractivity contribution is 5.81. The second kappa shape index (κ2) is 6.28. The van der Waals surface area contributed by atoms with E-state index in [0.29, 0.717) is 6.61 Å². The molecule has 0 aliphatic rings. The van der Waals surface area contributed by atoms with Gasteiger partial charge in [-0.3, -0.25) is 5.10 Å². The summed E-state index contributed by atoms with van der Waals surface area (Å²) in [6, 6.07) is 13.8. The highest BCUT2D eigenvalue weighted by atomic mass is 16.5. The number of fused-ring (bicyclic) bond motifs is 1. The van der Waals surface area contributed by atoms with E-state index in [0.717, 1.165) is 28.9 Å². The highest BCUT2D eigenvalue weighted by Gasteiger charge is 2.02. The van der Waals surface area contributed by atoms with Gasteiger partial charge in [-0.05, 0) is 29.8 Å². The van der Waals surface area contributed by atoms with Crippen molar-refractivity contribution in [2.45, 2.75) is 6.54 Å². The Morgan fingerprint density at radius 1 is 1.14 bits per heavy atom. The molecular weight excluding hydrogens is 266 g/mol. The number of nitrogens with zero attached hydrogens (tertiary/aromatic N) is 1. The number of ether oxygens (including phenoxy) is 1. The zero-order chi connectivity index (χ0) is 14.5. The monoisotopic (exact) mass is 283 g/mol. The van der Waals surface area contributed by atoms with Crippen LogP contribution in [0.3, 0.4) is 0 Å². The molecule has 5 heteroatoms. The minimum atomic E-state index is 0.0220. The molecule has 0 spiro atoms. The Labute approximate surface area is 122 Å². The number of anilines is 1. The quantitative estimate of drug-likeness (QED) is 0.650. The molecule has 0 aliphatic carbocycles. The fourth-order valence-electron chi connectivity index (χ4n) is 2.21. The number of hydrogen-bond acceptors (Lipinski definition) is 4. The Morgan fingerprint density at radius 2 is 2.00 bits per heavy atom. The fourth-order valence-corrected chi connectivity index (χ4v) is 2.21. The van der Waals surface area contributed by atoms with E-state index >= 15 is 0 Å². The first-order valence-corrected chi connectivity index (χ1v) is 6.85. The Bertz CT molecular complexity index is 707. The molecule has 0 aliphatic heterocycles. The van der Waals surface area contributed by atoms with Crippen LogP contribution in [0.5, 0.6) is 5.75 Å². The Hall–Kier alpha value is -2.53. The predicted octanol–water partition coefficient (Wildman–Crippen LogP) is 2.55. The molecule has 0 radical (unpaired) electrons. The van der Waals surface area contributed by atoms with E-state index in [9.17, 15) is 0 Å². The second-order valence-corrected chi connectivity index (χ2v) is 4.70. The number of hydrogen-bond donors (Lipinski definition) is 3. The van der Waals surface area contributed by atoms with E-state index in [-0.39, 0.29) is 6.61 Å². The SMILES string of the molecule is OCCOc1ccc(NCc2cccc3cn[nH]c23)cc1.